The lowest BCUT2D eigenvalue weighted by Crippen LogP contribution is -2.93. The van der Waals surface area contributed by atoms with Crippen LogP contribution >= 0.6 is 0 Å². The lowest BCUT2D eigenvalue weighted by Gasteiger charge is -2.71. The summed E-state index contributed by atoms with van der Waals surface area (Å²) in [7, 11) is 0. The molecule has 3 saturated carbocycles. The first-order chi connectivity index (χ1) is 31.8. The average Bonchev–Trinajstić information content (AvgIpc) is 3.35. The molecular formula is C54H84N6O6. The quantitative estimate of drug-likeness (QED) is 0.0740. The van der Waals surface area contributed by atoms with Crippen molar-refractivity contribution >= 4 is 17.3 Å². The predicted octanol–water partition coefficient (Wildman–Crippen LogP) is 6.75. The second kappa shape index (κ2) is 22.6. The Kier molecular flexibility index (Phi) is 17.4. The molecule has 1 amide bonds. The van der Waals surface area contributed by atoms with Crippen LogP contribution in [0.15, 0.2) is 66.7 Å². The van der Waals surface area contributed by atoms with Crippen LogP contribution in [0.5, 0.6) is 0 Å². The largest absolute Gasteiger partial charge is 0.380 e. The van der Waals surface area contributed by atoms with Crippen molar-refractivity contribution in [3.05, 3.63) is 77.9 Å². The summed E-state index contributed by atoms with van der Waals surface area (Å²) in [5, 5.41) is 47.1. The summed E-state index contributed by atoms with van der Waals surface area (Å²) in [6, 6.07) is 18.7. The Bertz CT molecular complexity index is 1850. The number of carbonyl (C=O) groups is 2. The standard InChI is InChI=1S/C54H84N6O6/c1-4-5-33-60(51(55,35-41-21-11-6-12-22-41)49(62)50(63)58-36-42-23-13-7-14-24-42)52(45-27-17-9-18-28-45,46-29-19-10-20-30-46)54(56,59-37-39(2)66-40(3)38-59)53(64,65)48(61)47-34-44(31-32-57-47)43-25-15-8-16-26-43/h7-8,13-16,23-26,31,39-41,45-47,49,57,62,64-65H,4-6,9-12,17-22,27-30,32-38,55-56H2,1-3H3,(H,58,63)/t39-,40+,47?,49?,51?,54-/m1/s1. The third-order valence-electron chi connectivity index (χ3n) is 16.5. The van der Waals surface area contributed by atoms with Gasteiger partial charge in [-0.1, -0.05) is 151 Å². The van der Waals surface area contributed by atoms with E-state index in [0.717, 1.165) is 119 Å². The van der Waals surface area contributed by atoms with Crippen molar-refractivity contribution in [1.82, 2.24) is 20.4 Å². The lowest BCUT2D eigenvalue weighted by atomic mass is 9.53. The molecule has 0 radical (unpaired) electrons. The van der Waals surface area contributed by atoms with Crippen LogP contribution in [0.2, 0.25) is 0 Å². The summed E-state index contributed by atoms with van der Waals surface area (Å²) in [4.78, 5) is 34.9. The number of nitrogens with two attached hydrogens (primary N) is 2. The van der Waals surface area contributed by atoms with E-state index in [1.54, 1.807) is 0 Å². The lowest BCUT2D eigenvalue weighted by molar-refractivity contribution is -0.315. The Morgan fingerprint density at radius 1 is 0.833 bits per heavy atom. The Morgan fingerprint density at radius 3 is 1.94 bits per heavy atom. The van der Waals surface area contributed by atoms with Gasteiger partial charge < -0.3 is 42.2 Å². The average molecular weight is 913 g/mol. The zero-order valence-electron chi connectivity index (χ0n) is 40.5. The molecule has 6 atom stereocenters. The van der Waals surface area contributed by atoms with E-state index in [4.69, 9.17) is 16.2 Å². The Labute approximate surface area is 395 Å². The van der Waals surface area contributed by atoms with Crippen molar-refractivity contribution in [2.45, 2.75) is 196 Å². The van der Waals surface area contributed by atoms with Gasteiger partial charge in [-0.2, -0.15) is 0 Å². The van der Waals surface area contributed by atoms with Gasteiger partial charge in [0.2, 0.25) is 5.78 Å². The van der Waals surface area contributed by atoms with E-state index < -0.39 is 46.5 Å². The second-order valence-corrected chi connectivity index (χ2v) is 21.0. The van der Waals surface area contributed by atoms with Crippen LogP contribution < -0.4 is 22.1 Å². The molecular weight excluding hydrogens is 829 g/mol. The first kappa shape index (κ1) is 50.8. The number of amides is 1. The van der Waals surface area contributed by atoms with Crippen molar-refractivity contribution in [3.8, 4) is 0 Å². The molecule has 7 rings (SSSR count). The smallest absolute Gasteiger partial charge is 0.260 e. The molecule has 4 fully saturated rings. The molecule has 12 heteroatoms. The molecule has 3 unspecified atom stereocenters. The molecule has 1 saturated heterocycles. The molecule has 66 heavy (non-hydrogen) atoms. The van der Waals surface area contributed by atoms with Gasteiger partial charge in [-0.15, -0.1) is 0 Å². The number of hydrogen-bond donors (Lipinski definition) is 7. The highest BCUT2D eigenvalue weighted by molar-refractivity contribution is 5.94. The number of ether oxygens (including phenoxy) is 1. The number of benzene rings is 2. The summed E-state index contributed by atoms with van der Waals surface area (Å²) < 4.78 is 6.40. The zero-order valence-corrected chi connectivity index (χ0v) is 40.5. The number of nitrogens with one attached hydrogen (secondary N) is 2. The number of carbonyl (C=O) groups excluding carboxylic acids is 2. The summed E-state index contributed by atoms with van der Waals surface area (Å²) in [5.41, 5.74) is 14.2. The van der Waals surface area contributed by atoms with Crippen molar-refractivity contribution in [1.29, 1.82) is 0 Å². The second-order valence-electron chi connectivity index (χ2n) is 21.0. The normalized spacial score (nSPS) is 26.0. The summed E-state index contributed by atoms with van der Waals surface area (Å²) in [6.07, 6.45) is 15.3. The SMILES string of the molecule is CCCCN(C(N)(CC1CCCCC1)C(O)C(=O)NCc1ccccc1)C(C1CCCCC1)(C1CCCCC1)[C@@](N)(N1C[C@@H](C)O[C@@H](C)C1)C(O)(O)C(=O)C1CC(c2ccccc2)=CCN1. The molecule has 366 valence electrons. The van der Waals surface area contributed by atoms with Gasteiger partial charge in [0, 0.05) is 32.7 Å². The maximum atomic E-state index is 15.8. The number of ketones is 1. The van der Waals surface area contributed by atoms with Gasteiger partial charge in [0.25, 0.3) is 11.7 Å². The third kappa shape index (κ3) is 10.4. The maximum absolute atomic E-state index is 15.8. The van der Waals surface area contributed by atoms with Crippen LogP contribution in [-0.4, -0.2) is 110 Å². The van der Waals surface area contributed by atoms with Crippen LogP contribution in [0.4, 0.5) is 0 Å². The predicted molar refractivity (Wildman–Crippen MR) is 261 cm³/mol. The molecule has 0 bridgehead atoms. The number of morpholine rings is 1. The topological polar surface area (TPSA) is 187 Å². The Balaban J connectivity index is 1.48. The molecule has 3 aliphatic carbocycles. The van der Waals surface area contributed by atoms with Crippen molar-refractivity contribution in [3.63, 3.8) is 0 Å². The van der Waals surface area contributed by atoms with Gasteiger partial charge in [-0.25, -0.2) is 0 Å². The molecule has 5 aliphatic rings. The van der Waals surface area contributed by atoms with Gasteiger partial charge >= 0.3 is 0 Å². The molecule has 0 aromatic heterocycles. The third-order valence-corrected chi connectivity index (χ3v) is 16.5. The molecule has 2 aliphatic heterocycles. The van der Waals surface area contributed by atoms with Crippen LogP contribution in [0, 0.1) is 17.8 Å². The van der Waals surface area contributed by atoms with Crippen molar-refractivity contribution < 1.29 is 29.6 Å². The summed E-state index contributed by atoms with van der Waals surface area (Å²) in [6.45, 7) is 7.51. The molecule has 9 N–H and O–H groups in total. The zero-order chi connectivity index (χ0) is 47.0. The van der Waals surface area contributed by atoms with Crippen LogP contribution in [0.3, 0.4) is 0 Å². The highest BCUT2D eigenvalue weighted by Gasteiger charge is 2.75. The number of aliphatic hydroxyl groups excluding tert-OH is 1. The Morgan fingerprint density at radius 2 is 1.38 bits per heavy atom. The van der Waals surface area contributed by atoms with Gasteiger partial charge in [0.05, 0.1) is 23.8 Å². The number of hydrogen-bond acceptors (Lipinski definition) is 11. The summed E-state index contributed by atoms with van der Waals surface area (Å²) >= 11 is 0. The maximum Gasteiger partial charge on any atom is 0.260 e. The molecule has 2 aromatic rings. The van der Waals surface area contributed by atoms with Gasteiger partial charge in [0.1, 0.15) is 5.66 Å². The van der Waals surface area contributed by atoms with Gasteiger partial charge in [0.15, 0.2) is 11.8 Å². The fourth-order valence-corrected chi connectivity index (χ4v) is 13.5. The monoisotopic (exact) mass is 913 g/mol. The van der Waals surface area contributed by atoms with Crippen LogP contribution in [0.1, 0.15) is 154 Å². The van der Waals surface area contributed by atoms with Crippen molar-refractivity contribution in [2.75, 3.05) is 26.2 Å². The van der Waals surface area contributed by atoms with E-state index in [1.165, 1.54) is 0 Å². The van der Waals surface area contributed by atoms with Gasteiger partial charge in [-0.3, -0.25) is 19.4 Å². The van der Waals surface area contributed by atoms with Crippen LogP contribution in [-0.2, 0) is 20.9 Å². The Hall–Kier alpha value is -3.04. The highest BCUT2D eigenvalue weighted by Crippen LogP contribution is 2.58. The number of rotatable bonds is 19. The van der Waals surface area contributed by atoms with E-state index >= 15 is 4.79 Å². The fraction of sp³-hybridized carbons (Fsp3) is 0.704. The summed E-state index contributed by atoms with van der Waals surface area (Å²) in [5.74, 6) is -4.90. The van der Waals surface area contributed by atoms with Crippen LogP contribution in [0.25, 0.3) is 5.57 Å². The van der Waals surface area contributed by atoms with E-state index in [2.05, 4.69) is 28.5 Å². The minimum atomic E-state index is -3.15. The molecule has 0 spiro atoms. The number of unbranched alkanes of at least 4 members (excludes halogenated alkanes) is 1. The molecule has 2 aromatic carbocycles. The first-order valence-corrected chi connectivity index (χ1v) is 26.0. The molecule has 2 heterocycles. The number of Topliss-reactive ketones (excluding diaryl/α,β-unsaturated/α-hetero) is 1. The highest BCUT2D eigenvalue weighted by atomic mass is 16.5. The van der Waals surface area contributed by atoms with E-state index in [-0.39, 0.29) is 56.0 Å². The van der Waals surface area contributed by atoms with Gasteiger partial charge in [-0.05, 0) is 93.2 Å². The minimum Gasteiger partial charge on any atom is -0.380 e. The fourth-order valence-electron chi connectivity index (χ4n) is 13.5. The number of aliphatic hydroxyl groups is 3. The van der Waals surface area contributed by atoms with E-state index in [9.17, 15) is 20.1 Å². The minimum absolute atomic E-state index is 0.111. The number of nitrogens with zero attached hydrogens (tertiary/aromatic N) is 2. The van der Waals surface area contributed by atoms with Crippen molar-refractivity contribution in [2.24, 2.45) is 29.2 Å². The van der Waals surface area contributed by atoms with E-state index in [0.29, 0.717) is 25.9 Å². The molecule has 12 nitrogen and oxygen atoms in total. The first-order valence-electron chi connectivity index (χ1n) is 26.0. The van der Waals surface area contributed by atoms with E-state index in [1.807, 2.05) is 79.4 Å².